The van der Waals surface area contributed by atoms with Crippen molar-refractivity contribution in [3.8, 4) is 5.75 Å². The lowest BCUT2D eigenvalue weighted by Crippen LogP contribution is -2.51. The number of nitrogens with one attached hydrogen (secondary N) is 3. The molecule has 0 spiro atoms. The van der Waals surface area contributed by atoms with Gasteiger partial charge in [0.25, 0.3) is 5.91 Å². The number of ether oxygens (including phenoxy) is 1. The van der Waals surface area contributed by atoms with Gasteiger partial charge in [-0.05, 0) is 18.6 Å². The van der Waals surface area contributed by atoms with E-state index in [1.54, 1.807) is 17.0 Å². The summed E-state index contributed by atoms with van der Waals surface area (Å²) in [6.07, 6.45) is 0.144. The molecule has 8 heteroatoms. The number of nitrogens with zero attached hydrogens (tertiary/aromatic N) is 1. The molecule has 3 amide bonds. The minimum absolute atomic E-state index is 0.0366. The second-order valence-electron chi connectivity index (χ2n) is 5.70. The lowest BCUT2D eigenvalue weighted by Gasteiger charge is -2.34. The van der Waals surface area contributed by atoms with Gasteiger partial charge in [0.1, 0.15) is 5.75 Å². The standard InChI is InChI=1S/C17H24N4O4/c1-3-8-19-15(22)9-20-16(23)11-21-10-14(17(24)18-2)25-13-7-5-4-6-12(13)21/h4-7,14H,3,8-11H2,1-2H3,(H,18,24)(H,19,22)(H,20,23)/t14-/m0/s1. The number of carbonyl (C=O) groups excluding carboxylic acids is 3. The van der Waals surface area contributed by atoms with E-state index >= 15 is 0 Å². The zero-order valence-electron chi connectivity index (χ0n) is 14.5. The lowest BCUT2D eigenvalue weighted by molar-refractivity contribution is -0.128. The highest BCUT2D eigenvalue weighted by Crippen LogP contribution is 2.32. The van der Waals surface area contributed by atoms with E-state index < -0.39 is 6.10 Å². The van der Waals surface area contributed by atoms with Gasteiger partial charge in [0.05, 0.1) is 25.3 Å². The normalized spacial score (nSPS) is 15.6. The van der Waals surface area contributed by atoms with Crippen LogP contribution in [0.5, 0.6) is 5.75 Å². The first-order valence-corrected chi connectivity index (χ1v) is 8.30. The van der Waals surface area contributed by atoms with Crippen molar-refractivity contribution in [1.29, 1.82) is 0 Å². The van der Waals surface area contributed by atoms with Gasteiger partial charge in [-0.1, -0.05) is 19.1 Å². The molecule has 1 aromatic carbocycles. The molecule has 0 saturated heterocycles. The fourth-order valence-electron chi connectivity index (χ4n) is 2.49. The van der Waals surface area contributed by atoms with Gasteiger partial charge in [0, 0.05) is 13.6 Å². The zero-order valence-corrected chi connectivity index (χ0v) is 14.5. The first-order valence-electron chi connectivity index (χ1n) is 8.30. The van der Waals surface area contributed by atoms with Crippen molar-refractivity contribution >= 4 is 23.4 Å². The van der Waals surface area contributed by atoms with Crippen molar-refractivity contribution in [2.45, 2.75) is 19.4 Å². The maximum absolute atomic E-state index is 12.2. The molecule has 3 N–H and O–H groups in total. The smallest absolute Gasteiger partial charge is 0.262 e. The Morgan fingerprint density at radius 1 is 1.20 bits per heavy atom. The zero-order chi connectivity index (χ0) is 18.2. The average molecular weight is 348 g/mol. The molecule has 1 atom stereocenters. The number of hydrogen-bond donors (Lipinski definition) is 3. The van der Waals surface area contributed by atoms with Crippen LogP contribution in [0.1, 0.15) is 13.3 Å². The Morgan fingerprint density at radius 2 is 1.96 bits per heavy atom. The highest BCUT2D eigenvalue weighted by Gasteiger charge is 2.30. The van der Waals surface area contributed by atoms with Gasteiger partial charge < -0.3 is 25.6 Å². The number of hydrogen-bond acceptors (Lipinski definition) is 5. The van der Waals surface area contributed by atoms with Crippen LogP contribution in [0.4, 0.5) is 5.69 Å². The molecule has 1 aromatic rings. The summed E-state index contributed by atoms with van der Waals surface area (Å²) in [5, 5.41) is 7.84. The van der Waals surface area contributed by atoms with Crippen LogP contribution in [-0.4, -0.2) is 57.1 Å². The number of fused-ring (bicyclic) bond motifs is 1. The minimum atomic E-state index is -0.694. The van der Waals surface area contributed by atoms with Crippen LogP contribution in [-0.2, 0) is 14.4 Å². The fourth-order valence-corrected chi connectivity index (χ4v) is 2.49. The SMILES string of the molecule is CCCNC(=O)CNC(=O)CN1C[C@@H](C(=O)NC)Oc2ccccc21. The van der Waals surface area contributed by atoms with Gasteiger partial charge in [0.15, 0.2) is 6.10 Å². The van der Waals surface area contributed by atoms with Crippen LogP contribution in [0.3, 0.4) is 0 Å². The fraction of sp³-hybridized carbons (Fsp3) is 0.471. The molecular formula is C17H24N4O4. The Kier molecular flexibility index (Phi) is 6.62. The molecule has 0 aliphatic carbocycles. The van der Waals surface area contributed by atoms with E-state index in [0.717, 1.165) is 12.1 Å². The second kappa shape index (κ2) is 8.91. The Labute approximate surface area is 146 Å². The third-order valence-electron chi connectivity index (χ3n) is 3.75. The van der Waals surface area contributed by atoms with Gasteiger partial charge in [-0.3, -0.25) is 14.4 Å². The minimum Gasteiger partial charge on any atom is -0.477 e. The topological polar surface area (TPSA) is 99.8 Å². The van der Waals surface area contributed by atoms with Gasteiger partial charge in [-0.2, -0.15) is 0 Å². The summed E-state index contributed by atoms with van der Waals surface area (Å²) in [5.41, 5.74) is 0.744. The second-order valence-corrected chi connectivity index (χ2v) is 5.70. The summed E-state index contributed by atoms with van der Waals surface area (Å²) in [5.74, 6) is -0.213. The van der Waals surface area contributed by atoms with Crippen LogP contribution in [0.2, 0.25) is 0 Å². The predicted molar refractivity (Wildman–Crippen MR) is 93.4 cm³/mol. The van der Waals surface area contributed by atoms with E-state index in [0.29, 0.717) is 12.3 Å². The Hall–Kier alpha value is -2.77. The Morgan fingerprint density at radius 3 is 2.68 bits per heavy atom. The largest absolute Gasteiger partial charge is 0.477 e. The number of benzene rings is 1. The van der Waals surface area contributed by atoms with Crippen molar-refractivity contribution in [1.82, 2.24) is 16.0 Å². The first kappa shape index (κ1) is 18.6. The highest BCUT2D eigenvalue weighted by molar-refractivity contribution is 5.88. The van der Waals surface area contributed by atoms with E-state index in [4.69, 9.17) is 4.74 Å². The number of amides is 3. The number of rotatable bonds is 7. The summed E-state index contributed by atoms with van der Waals surface area (Å²) < 4.78 is 5.69. The maximum atomic E-state index is 12.2. The van der Waals surface area contributed by atoms with Crippen LogP contribution in [0.15, 0.2) is 24.3 Å². The average Bonchev–Trinajstić information content (AvgIpc) is 2.63. The molecule has 25 heavy (non-hydrogen) atoms. The molecule has 0 unspecified atom stereocenters. The molecule has 1 aliphatic rings. The predicted octanol–water partition coefficient (Wildman–Crippen LogP) is -0.358. The molecule has 0 saturated carbocycles. The highest BCUT2D eigenvalue weighted by atomic mass is 16.5. The molecule has 0 bridgehead atoms. The summed E-state index contributed by atoms with van der Waals surface area (Å²) in [6.45, 7) is 2.77. The van der Waals surface area contributed by atoms with E-state index in [1.807, 2.05) is 19.1 Å². The number of carbonyl (C=O) groups is 3. The first-order chi connectivity index (χ1) is 12.0. The van der Waals surface area contributed by atoms with E-state index in [1.165, 1.54) is 7.05 Å². The molecule has 136 valence electrons. The molecule has 1 heterocycles. The van der Waals surface area contributed by atoms with Gasteiger partial charge >= 0.3 is 0 Å². The summed E-state index contributed by atoms with van der Waals surface area (Å²) in [7, 11) is 1.54. The van der Waals surface area contributed by atoms with Crippen molar-refractivity contribution in [3.05, 3.63) is 24.3 Å². The lowest BCUT2D eigenvalue weighted by atomic mass is 10.1. The number of anilines is 1. The summed E-state index contributed by atoms with van der Waals surface area (Å²) >= 11 is 0. The van der Waals surface area contributed by atoms with Crippen molar-refractivity contribution < 1.29 is 19.1 Å². The quantitative estimate of drug-likeness (QED) is 0.625. The molecule has 0 radical (unpaired) electrons. The van der Waals surface area contributed by atoms with Crippen molar-refractivity contribution in [2.24, 2.45) is 0 Å². The Balaban J connectivity index is 1.98. The van der Waals surface area contributed by atoms with Crippen molar-refractivity contribution in [3.63, 3.8) is 0 Å². The number of likely N-dealkylation sites (N-methyl/N-ethyl adjacent to an activating group) is 1. The van der Waals surface area contributed by atoms with E-state index in [-0.39, 0.29) is 37.4 Å². The molecule has 0 aromatic heterocycles. The Bertz CT molecular complexity index is 635. The van der Waals surface area contributed by atoms with E-state index in [9.17, 15) is 14.4 Å². The maximum Gasteiger partial charge on any atom is 0.262 e. The number of para-hydroxylation sites is 2. The van der Waals surface area contributed by atoms with Crippen LogP contribution < -0.4 is 25.6 Å². The summed E-state index contributed by atoms with van der Waals surface area (Å²) in [6, 6.07) is 7.23. The van der Waals surface area contributed by atoms with Crippen LogP contribution in [0, 0.1) is 0 Å². The molecule has 0 fully saturated rings. The third-order valence-corrected chi connectivity index (χ3v) is 3.75. The molecule has 8 nitrogen and oxygen atoms in total. The van der Waals surface area contributed by atoms with Crippen LogP contribution >= 0.6 is 0 Å². The van der Waals surface area contributed by atoms with Gasteiger partial charge in [0.2, 0.25) is 11.8 Å². The molecule has 2 rings (SSSR count). The third kappa shape index (κ3) is 5.10. The van der Waals surface area contributed by atoms with Gasteiger partial charge in [-0.25, -0.2) is 0 Å². The summed E-state index contributed by atoms with van der Waals surface area (Å²) in [4.78, 5) is 37.4. The molecule has 1 aliphatic heterocycles. The van der Waals surface area contributed by atoms with Crippen molar-refractivity contribution in [2.75, 3.05) is 38.1 Å². The van der Waals surface area contributed by atoms with E-state index in [2.05, 4.69) is 16.0 Å². The van der Waals surface area contributed by atoms with Gasteiger partial charge in [-0.15, -0.1) is 0 Å². The molecular weight excluding hydrogens is 324 g/mol. The van der Waals surface area contributed by atoms with Crippen LogP contribution in [0.25, 0.3) is 0 Å². The monoisotopic (exact) mass is 348 g/mol.